The highest BCUT2D eigenvalue weighted by atomic mass is 35.5. The van der Waals surface area contributed by atoms with Gasteiger partial charge in [-0.1, -0.05) is 38.4 Å². The lowest BCUT2D eigenvalue weighted by atomic mass is 10.3. The molecule has 0 saturated heterocycles. The Morgan fingerprint density at radius 2 is 1.86 bits per heavy atom. The Morgan fingerprint density at radius 3 is 2.48 bits per heavy atom. The third kappa shape index (κ3) is 4.44. The largest absolute Gasteiger partial charge is 0.318 e. The lowest BCUT2D eigenvalue weighted by Gasteiger charge is -2.19. The molecule has 0 unspecified atom stereocenters. The molecule has 0 fully saturated rings. The minimum atomic E-state index is -0.379. The highest BCUT2D eigenvalue weighted by Gasteiger charge is 2.17. The SMILES string of the molecule is CC(C)(C)Sc1cccc(NC(=O)c2ncccn2)c1Cl. The summed E-state index contributed by atoms with van der Waals surface area (Å²) in [5.41, 5.74) is 0.559. The molecule has 6 heteroatoms. The molecule has 4 nitrogen and oxygen atoms in total. The van der Waals surface area contributed by atoms with Crippen LogP contribution in [0.3, 0.4) is 0 Å². The molecule has 0 aliphatic carbocycles. The van der Waals surface area contributed by atoms with E-state index in [9.17, 15) is 4.79 Å². The van der Waals surface area contributed by atoms with Gasteiger partial charge in [0.2, 0.25) is 5.82 Å². The Hall–Kier alpha value is -1.59. The molecule has 1 heterocycles. The van der Waals surface area contributed by atoms with Crippen molar-refractivity contribution in [3.8, 4) is 0 Å². The summed E-state index contributed by atoms with van der Waals surface area (Å²) in [5, 5.41) is 3.27. The zero-order valence-corrected chi connectivity index (χ0v) is 13.6. The van der Waals surface area contributed by atoms with Crippen molar-refractivity contribution < 1.29 is 4.79 Å². The molecule has 0 aliphatic heterocycles. The maximum Gasteiger partial charge on any atom is 0.293 e. The molecule has 110 valence electrons. The maximum absolute atomic E-state index is 12.1. The van der Waals surface area contributed by atoms with Crippen LogP contribution in [0.4, 0.5) is 5.69 Å². The van der Waals surface area contributed by atoms with E-state index in [4.69, 9.17) is 11.6 Å². The van der Waals surface area contributed by atoms with Crippen LogP contribution >= 0.6 is 23.4 Å². The summed E-state index contributed by atoms with van der Waals surface area (Å²) in [6.45, 7) is 6.32. The standard InChI is InChI=1S/C15H16ClN3OS/c1-15(2,3)21-11-7-4-6-10(12(11)16)19-14(20)13-17-8-5-9-18-13/h4-9H,1-3H3,(H,19,20). The summed E-state index contributed by atoms with van der Waals surface area (Å²) >= 11 is 8.02. The predicted octanol–water partition coefficient (Wildman–Crippen LogP) is 4.27. The highest BCUT2D eigenvalue weighted by molar-refractivity contribution is 8.00. The van der Waals surface area contributed by atoms with Gasteiger partial charge in [0.05, 0.1) is 10.7 Å². The van der Waals surface area contributed by atoms with Crippen molar-refractivity contribution in [1.29, 1.82) is 0 Å². The quantitative estimate of drug-likeness (QED) is 0.858. The normalized spacial score (nSPS) is 11.2. The van der Waals surface area contributed by atoms with E-state index in [-0.39, 0.29) is 16.5 Å². The molecule has 2 aromatic rings. The van der Waals surface area contributed by atoms with Crippen molar-refractivity contribution >= 4 is 35.0 Å². The molecule has 0 aliphatic rings. The van der Waals surface area contributed by atoms with Gasteiger partial charge in [-0.25, -0.2) is 9.97 Å². The van der Waals surface area contributed by atoms with Crippen molar-refractivity contribution in [2.75, 3.05) is 5.32 Å². The fourth-order valence-corrected chi connectivity index (χ4v) is 2.91. The Balaban J connectivity index is 2.21. The number of anilines is 1. The topological polar surface area (TPSA) is 54.9 Å². The molecule has 1 aromatic carbocycles. The van der Waals surface area contributed by atoms with Crippen LogP contribution in [0.25, 0.3) is 0 Å². The van der Waals surface area contributed by atoms with Crippen LogP contribution in [-0.4, -0.2) is 20.6 Å². The number of rotatable bonds is 3. The molecule has 0 radical (unpaired) electrons. The van der Waals surface area contributed by atoms with E-state index in [1.807, 2.05) is 12.1 Å². The second-order valence-corrected chi connectivity index (χ2v) is 7.61. The number of carbonyl (C=O) groups is 1. The van der Waals surface area contributed by atoms with Crippen molar-refractivity contribution in [2.24, 2.45) is 0 Å². The summed E-state index contributed by atoms with van der Waals surface area (Å²) in [6, 6.07) is 7.22. The molecule has 0 bridgehead atoms. The van der Waals surface area contributed by atoms with Crippen molar-refractivity contribution in [3.63, 3.8) is 0 Å². The van der Waals surface area contributed by atoms with E-state index in [1.165, 1.54) is 12.4 Å². The number of hydrogen-bond donors (Lipinski definition) is 1. The molecule has 0 spiro atoms. The van der Waals surface area contributed by atoms with Gasteiger partial charge in [0, 0.05) is 22.0 Å². The smallest absolute Gasteiger partial charge is 0.293 e. The van der Waals surface area contributed by atoms with Gasteiger partial charge in [-0.2, -0.15) is 0 Å². The number of aromatic nitrogens is 2. The Morgan fingerprint density at radius 1 is 1.19 bits per heavy atom. The van der Waals surface area contributed by atoms with Crippen LogP contribution in [-0.2, 0) is 0 Å². The number of amides is 1. The van der Waals surface area contributed by atoms with Crippen LogP contribution in [0.1, 0.15) is 31.4 Å². The van der Waals surface area contributed by atoms with E-state index in [2.05, 4.69) is 36.1 Å². The van der Waals surface area contributed by atoms with Crippen molar-refractivity contribution in [2.45, 2.75) is 30.4 Å². The van der Waals surface area contributed by atoms with E-state index >= 15 is 0 Å². The minimum Gasteiger partial charge on any atom is -0.318 e. The van der Waals surface area contributed by atoms with Gasteiger partial charge in [0.1, 0.15) is 0 Å². The first kappa shape index (κ1) is 15.8. The number of nitrogens with one attached hydrogen (secondary N) is 1. The predicted molar refractivity (Wildman–Crippen MR) is 87.0 cm³/mol. The minimum absolute atomic E-state index is 0.0365. The number of halogens is 1. The Kier molecular flexibility index (Phi) is 4.85. The summed E-state index contributed by atoms with van der Waals surface area (Å²) < 4.78 is 0.0365. The van der Waals surface area contributed by atoms with E-state index in [0.29, 0.717) is 10.7 Å². The fourth-order valence-electron chi connectivity index (χ4n) is 1.61. The summed E-state index contributed by atoms with van der Waals surface area (Å²) in [4.78, 5) is 20.8. The molecule has 2 rings (SSSR count). The number of thioether (sulfide) groups is 1. The first-order valence-corrected chi connectivity index (χ1v) is 7.62. The van der Waals surface area contributed by atoms with Crippen LogP contribution in [0, 0.1) is 0 Å². The average Bonchev–Trinajstić information content (AvgIpc) is 2.43. The third-order valence-corrected chi connectivity index (χ3v) is 4.09. The van der Waals surface area contributed by atoms with E-state index in [0.717, 1.165) is 4.90 Å². The number of hydrogen-bond acceptors (Lipinski definition) is 4. The summed E-state index contributed by atoms with van der Waals surface area (Å²) in [5.74, 6) is -0.266. The van der Waals surface area contributed by atoms with E-state index < -0.39 is 0 Å². The summed E-state index contributed by atoms with van der Waals surface area (Å²) in [6.07, 6.45) is 3.05. The number of nitrogens with zero attached hydrogens (tertiary/aromatic N) is 2. The van der Waals surface area contributed by atoms with Crippen LogP contribution in [0.2, 0.25) is 5.02 Å². The lowest BCUT2D eigenvalue weighted by molar-refractivity contribution is 0.101. The number of carbonyl (C=O) groups excluding carboxylic acids is 1. The summed E-state index contributed by atoms with van der Waals surface area (Å²) in [7, 11) is 0. The second kappa shape index (κ2) is 6.45. The Bertz CT molecular complexity index is 641. The van der Waals surface area contributed by atoms with Gasteiger partial charge in [-0.15, -0.1) is 11.8 Å². The maximum atomic E-state index is 12.1. The second-order valence-electron chi connectivity index (χ2n) is 5.36. The first-order valence-electron chi connectivity index (χ1n) is 6.43. The van der Waals surface area contributed by atoms with Gasteiger partial charge < -0.3 is 5.32 Å². The van der Waals surface area contributed by atoms with Gasteiger partial charge in [0.25, 0.3) is 5.91 Å². The van der Waals surface area contributed by atoms with Gasteiger partial charge in [0.15, 0.2) is 0 Å². The zero-order chi connectivity index (χ0) is 15.5. The molecular formula is C15H16ClN3OS. The molecule has 0 atom stereocenters. The monoisotopic (exact) mass is 321 g/mol. The zero-order valence-electron chi connectivity index (χ0n) is 12.1. The molecule has 1 amide bonds. The van der Waals surface area contributed by atoms with Gasteiger partial charge >= 0.3 is 0 Å². The molecule has 1 N–H and O–H groups in total. The van der Waals surface area contributed by atoms with Crippen LogP contribution in [0.15, 0.2) is 41.6 Å². The molecule has 0 saturated carbocycles. The lowest BCUT2D eigenvalue weighted by Crippen LogP contribution is -2.15. The number of benzene rings is 1. The van der Waals surface area contributed by atoms with Crippen molar-refractivity contribution in [1.82, 2.24) is 9.97 Å². The fraction of sp³-hybridized carbons (Fsp3) is 0.267. The van der Waals surface area contributed by atoms with Crippen molar-refractivity contribution in [3.05, 3.63) is 47.5 Å². The average molecular weight is 322 g/mol. The van der Waals surface area contributed by atoms with Gasteiger partial charge in [-0.05, 0) is 18.2 Å². The highest BCUT2D eigenvalue weighted by Crippen LogP contribution is 2.39. The van der Waals surface area contributed by atoms with Crippen LogP contribution in [0.5, 0.6) is 0 Å². The first-order chi connectivity index (χ1) is 9.87. The van der Waals surface area contributed by atoms with E-state index in [1.54, 1.807) is 23.9 Å². The van der Waals surface area contributed by atoms with Crippen LogP contribution < -0.4 is 5.32 Å². The molecular weight excluding hydrogens is 306 g/mol. The molecule has 21 heavy (non-hydrogen) atoms. The molecule has 1 aromatic heterocycles. The Labute approximate surface area is 133 Å². The van der Waals surface area contributed by atoms with Gasteiger partial charge in [-0.3, -0.25) is 4.79 Å². The third-order valence-electron chi connectivity index (χ3n) is 2.40.